The molecule has 7 nitrogen and oxygen atoms in total. The summed E-state index contributed by atoms with van der Waals surface area (Å²) in [6.45, 7) is 6.91. The molecule has 30 heavy (non-hydrogen) atoms. The van der Waals surface area contributed by atoms with Crippen molar-refractivity contribution in [2.24, 2.45) is 0 Å². The molecule has 0 radical (unpaired) electrons. The van der Waals surface area contributed by atoms with Crippen molar-refractivity contribution in [3.8, 4) is 5.75 Å². The van der Waals surface area contributed by atoms with E-state index in [1.807, 2.05) is 32.9 Å². The lowest BCUT2D eigenvalue weighted by atomic mass is 9.83. The van der Waals surface area contributed by atoms with Crippen LogP contribution in [0.25, 0.3) is 0 Å². The van der Waals surface area contributed by atoms with E-state index >= 15 is 0 Å². The molecule has 0 aromatic heterocycles. The molecular weight excluding hydrogens is 384 g/mol. The summed E-state index contributed by atoms with van der Waals surface area (Å²) >= 11 is 0. The molecule has 0 N–H and O–H groups in total. The van der Waals surface area contributed by atoms with E-state index < -0.39 is 0 Å². The lowest BCUT2D eigenvalue weighted by Crippen LogP contribution is -2.36. The summed E-state index contributed by atoms with van der Waals surface area (Å²) in [6, 6.07) is 3.90. The molecule has 7 heteroatoms. The highest BCUT2D eigenvalue weighted by Gasteiger charge is 2.34. The number of Topliss-reactive ketones (excluding diaryl/α,β-unsaturated/α-hetero) is 2. The molecule has 1 aromatic carbocycles. The van der Waals surface area contributed by atoms with Gasteiger partial charge in [0.05, 0.1) is 33.0 Å². The van der Waals surface area contributed by atoms with Gasteiger partial charge in [-0.2, -0.15) is 0 Å². The van der Waals surface area contributed by atoms with Gasteiger partial charge in [-0.1, -0.05) is 0 Å². The predicted molar refractivity (Wildman–Crippen MR) is 111 cm³/mol. The first-order valence-corrected chi connectivity index (χ1v) is 10.4. The highest BCUT2D eigenvalue weighted by Crippen LogP contribution is 2.35. The Hall–Kier alpha value is -2.70. The number of carbonyl (C=O) groups excluding carboxylic acids is 4. The van der Waals surface area contributed by atoms with Gasteiger partial charge in [-0.15, -0.1) is 0 Å². The van der Waals surface area contributed by atoms with E-state index in [1.165, 1.54) is 5.56 Å². The number of hydrogen-bond donors (Lipinski definition) is 0. The maximum absolute atomic E-state index is 12.2. The van der Waals surface area contributed by atoms with E-state index in [4.69, 9.17) is 4.74 Å². The Balaban J connectivity index is 1.83. The number of amides is 2. The number of hydrogen-bond acceptors (Lipinski definition) is 5. The van der Waals surface area contributed by atoms with Crippen LogP contribution < -0.4 is 4.74 Å². The number of likely N-dealkylation sites (tertiary alicyclic amines) is 2. The Labute approximate surface area is 177 Å². The third-order valence-corrected chi connectivity index (χ3v) is 6.20. The minimum absolute atomic E-state index is 0.00788. The van der Waals surface area contributed by atoms with E-state index in [2.05, 4.69) is 0 Å². The van der Waals surface area contributed by atoms with Crippen LogP contribution in [0.2, 0.25) is 0 Å². The standard InChI is InChI=1S/C23H30N2O5/c1-14-7-20(30-4)8-15(2)23(14)17(5-6-24-12-18(26)10-21(24)28)9-16(3)25-13-19(27)11-22(25)29/h7-8,16-17H,5-6,9-13H2,1-4H3. The van der Waals surface area contributed by atoms with E-state index in [1.54, 1.807) is 16.9 Å². The molecule has 2 saturated heterocycles. The molecule has 2 fully saturated rings. The van der Waals surface area contributed by atoms with Crippen molar-refractivity contribution in [1.82, 2.24) is 9.80 Å². The van der Waals surface area contributed by atoms with Crippen LogP contribution in [-0.4, -0.2) is 66.0 Å². The van der Waals surface area contributed by atoms with Gasteiger partial charge in [-0.25, -0.2) is 0 Å². The molecule has 1 aromatic rings. The smallest absolute Gasteiger partial charge is 0.230 e. The molecule has 0 spiro atoms. The largest absolute Gasteiger partial charge is 0.497 e. The number of aryl methyl sites for hydroxylation is 2. The summed E-state index contributed by atoms with van der Waals surface area (Å²) < 4.78 is 5.39. The average molecular weight is 415 g/mol. The molecule has 0 saturated carbocycles. The zero-order valence-corrected chi connectivity index (χ0v) is 18.2. The van der Waals surface area contributed by atoms with Crippen LogP contribution in [0, 0.1) is 13.8 Å². The quantitative estimate of drug-likeness (QED) is 0.609. The van der Waals surface area contributed by atoms with Gasteiger partial charge in [0.1, 0.15) is 5.75 Å². The lowest BCUT2D eigenvalue weighted by molar-refractivity contribution is -0.129. The van der Waals surface area contributed by atoms with E-state index in [0.717, 1.165) is 16.9 Å². The summed E-state index contributed by atoms with van der Waals surface area (Å²) in [7, 11) is 1.64. The number of ketones is 2. The Bertz CT molecular complexity index is 855. The van der Waals surface area contributed by atoms with Gasteiger partial charge < -0.3 is 14.5 Å². The lowest BCUT2D eigenvalue weighted by Gasteiger charge is -2.31. The third-order valence-electron chi connectivity index (χ3n) is 6.20. The minimum Gasteiger partial charge on any atom is -0.497 e. The van der Waals surface area contributed by atoms with Crippen molar-refractivity contribution in [1.29, 1.82) is 0 Å². The van der Waals surface area contributed by atoms with Crippen molar-refractivity contribution in [3.05, 3.63) is 28.8 Å². The van der Waals surface area contributed by atoms with Crippen molar-refractivity contribution in [3.63, 3.8) is 0 Å². The first-order valence-electron chi connectivity index (χ1n) is 10.4. The Morgan fingerprint density at radius 1 is 0.967 bits per heavy atom. The van der Waals surface area contributed by atoms with Crippen LogP contribution in [0.3, 0.4) is 0 Å². The molecule has 2 unspecified atom stereocenters. The van der Waals surface area contributed by atoms with E-state index in [0.29, 0.717) is 19.4 Å². The number of nitrogens with zero attached hydrogens (tertiary/aromatic N) is 2. The van der Waals surface area contributed by atoms with Crippen LogP contribution in [0.5, 0.6) is 5.75 Å². The molecule has 2 amide bonds. The topological polar surface area (TPSA) is 84.0 Å². The Morgan fingerprint density at radius 3 is 2.07 bits per heavy atom. The fourth-order valence-electron chi connectivity index (χ4n) is 4.77. The minimum atomic E-state index is -0.116. The van der Waals surface area contributed by atoms with E-state index in [-0.39, 0.29) is 61.3 Å². The van der Waals surface area contributed by atoms with Crippen molar-refractivity contribution in [2.75, 3.05) is 26.7 Å². The van der Waals surface area contributed by atoms with Crippen molar-refractivity contribution in [2.45, 2.75) is 58.4 Å². The average Bonchev–Trinajstić information content (AvgIpc) is 3.18. The molecule has 3 rings (SSSR count). The maximum atomic E-state index is 12.2. The third kappa shape index (κ3) is 4.71. The van der Waals surface area contributed by atoms with Crippen LogP contribution in [0.4, 0.5) is 0 Å². The van der Waals surface area contributed by atoms with Crippen LogP contribution in [-0.2, 0) is 19.2 Å². The second-order valence-corrected chi connectivity index (χ2v) is 8.51. The highest BCUT2D eigenvalue weighted by atomic mass is 16.5. The first-order chi connectivity index (χ1) is 14.2. The summed E-state index contributed by atoms with van der Waals surface area (Å²) in [5.41, 5.74) is 3.37. The van der Waals surface area contributed by atoms with Gasteiger partial charge in [0.15, 0.2) is 11.6 Å². The number of rotatable bonds is 8. The second-order valence-electron chi connectivity index (χ2n) is 8.51. The van der Waals surface area contributed by atoms with Gasteiger partial charge in [0, 0.05) is 12.6 Å². The highest BCUT2D eigenvalue weighted by molar-refractivity contribution is 6.05. The summed E-state index contributed by atoms with van der Waals surface area (Å²) in [4.78, 5) is 50.9. The molecular formula is C23H30N2O5. The predicted octanol–water partition coefficient (Wildman–Crippen LogP) is 2.17. The zero-order chi connectivity index (χ0) is 22.0. The normalized spacial score (nSPS) is 19.1. The van der Waals surface area contributed by atoms with Gasteiger partial charge in [0.2, 0.25) is 11.8 Å². The summed E-state index contributed by atoms with van der Waals surface area (Å²) in [6.07, 6.45) is 1.35. The first kappa shape index (κ1) is 22.0. The van der Waals surface area contributed by atoms with Gasteiger partial charge in [-0.05, 0) is 68.4 Å². The SMILES string of the molecule is COc1cc(C)c(C(CCN2CC(=O)CC2=O)CC(C)N2CC(=O)CC2=O)c(C)c1. The number of carbonyl (C=O) groups is 4. The molecule has 0 aliphatic carbocycles. The second kappa shape index (κ2) is 8.98. The van der Waals surface area contributed by atoms with Crippen molar-refractivity contribution < 1.29 is 23.9 Å². The number of methoxy groups -OCH3 is 1. The monoisotopic (exact) mass is 414 g/mol. The molecule has 162 valence electrons. The fourth-order valence-corrected chi connectivity index (χ4v) is 4.77. The van der Waals surface area contributed by atoms with Crippen LogP contribution in [0.1, 0.15) is 55.2 Å². The summed E-state index contributed by atoms with van der Waals surface area (Å²) in [5.74, 6) is 0.563. The molecule has 2 atom stereocenters. The maximum Gasteiger partial charge on any atom is 0.230 e. The Kier molecular flexibility index (Phi) is 6.58. The molecule has 2 aliphatic heterocycles. The Morgan fingerprint density at radius 2 is 1.57 bits per heavy atom. The van der Waals surface area contributed by atoms with Gasteiger partial charge >= 0.3 is 0 Å². The number of benzene rings is 1. The van der Waals surface area contributed by atoms with Gasteiger partial charge in [-0.3, -0.25) is 19.2 Å². The molecule has 0 bridgehead atoms. The zero-order valence-electron chi connectivity index (χ0n) is 18.2. The van der Waals surface area contributed by atoms with E-state index in [9.17, 15) is 19.2 Å². The van der Waals surface area contributed by atoms with Crippen LogP contribution >= 0.6 is 0 Å². The molecule has 2 aliphatic rings. The summed E-state index contributed by atoms with van der Waals surface area (Å²) in [5, 5.41) is 0. The fraction of sp³-hybridized carbons (Fsp3) is 0.565. The van der Waals surface area contributed by atoms with Crippen molar-refractivity contribution >= 4 is 23.4 Å². The van der Waals surface area contributed by atoms with Crippen LogP contribution in [0.15, 0.2) is 12.1 Å². The van der Waals surface area contributed by atoms with Gasteiger partial charge in [0.25, 0.3) is 0 Å². The molecule has 2 heterocycles. The number of ether oxygens (including phenoxy) is 1.